The first kappa shape index (κ1) is 20.7. The lowest BCUT2D eigenvalue weighted by molar-refractivity contribution is -0.112. The molecule has 0 saturated heterocycles. The Morgan fingerprint density at radius 3 is 2.53 bits per heavy atom. The van der Waals surface area contributed by atoms with Crippen LogP contribution in [-0.4, -0.2) is 24.3 Å². The van der Waals surface area contributed by atoms with Gasteiger partial charge in [-0.2, -0.15) is 5.26 Å². The molecule has 1 amide bonds. The van der Waals surface area contributed by atoms with Crippen LogP contribution < -0.4 is 14.8 Å². The van der Waals surface area contributed by atoms with Crippen LogP contribution >= 0.6 is 0 Å². The van der Waals surface area contributed by atoms with E-state index in [0.29, 0.717) is 30.3 Å². The van der Waals surface area contributed by atoms with Crippen molar-refractivity contribution in [1.82, 2.24) is 5.16 Å². The molecular formula is C23H21N3O4. The van der Waals surface area contributed by atoms with Crippen molar-refractivity contribution < 1.29 is 18.8 Å². The summed E-state index contributed by atoms with van der Waals surface area (Å²) in [6.07, 6.45) is 1.49. The number of ether oxygens (including phenoxy) is 2. The van der Waals surface area contributed by atoms with Crippen LogP contribution in [0, 0.1) is 25.2 Å². The van der Waals surface area contributed by atoms with Crippen LogP contribution in [0.25, 0.3) is 6.08 Å². The summed E-state index contributed by atoms with van der Waals surface area (Å²) in [5.41, 5.74) is 1.72. The molecule has 2 aromatic carbocycles. The molecule has 0 fully saturated rings. The van der Waals surface area contributed by atoms with E-state index in [0.717, 1.165) is 11.3 Å². The molecule has 1 heterocycles. The fraction of sp³-hybridized carbons (Fsp3) is 0.174. The zero-order valence-electron chi connectivity index (χ0n) is 16.7. The van der Waals surface area contributed by atoms with Gasteiger partial charge in [-0.1, -0.05) is 35.5 Å². The summed E-state index contributed by atoms with van der Waals surface area (Å²) in [5.74, 6) is 1.77. The molecule has 3 aromatic rings. The van der Waals surface area contributed by atoms with Crippen LogP contribution in [0.2, 0.25) is 0 Å². The van der Waals surface area contributed by atoms with Gasteiger partial charge >= 0.3 is 0 Å². The van der Waals surface area contributed by atoms with E-state index in [2.05, 4.69) is 10.5 Å². The number of nitriles is 1. The number of carbonyl (C=O) groups excluding carboxylic acids is 1. The SMILES string of the molecule is Cc1cc(NC(=O)/C(C#N)=C\c2ccc(OCCOc3ccccc3C)cc2)no1. The molecule has 3 rings (SSSR count). The maximum atomic E-state index is 12.2. The Balaban J connectivity index is 1.53. The minimum atomic E-state index is -0.556. The van der Waals surface area contributed by atoms with E-state index in [1.54, 1.807) is 37.3 Å². The number of anilines is 1. The topological polar surface area (TPSA) is 97.4 Å². The molecule has 7 nitrogen and oxygen atoms in total. The molecule has 0 radical (unpaired) electrons. The van der Waals surface area contributed by atoms with E-state index in [-0.39, 0.29) is 11.4 Å². The maximum Gasteiger partial charge on any atom is 0.267 e. The zero-order chi connectivity index (χ0) is 21.3. The number of hydrogen-bond acceptors (Lipinski definition) is 6. The summed E-state index contributed by atoms with van der Waals surface area (Å²) in [4.78, 5) is 12.2. The monoisotopic (exact) mass is 403 g/mol. The Labute approximate surface area is 174 Å². The molecule has 0 atom stereocenters. The fourth-order valence-corrected chi connectivity index (χ4v) is 2.61. The Morgan fingerprint density at radius 2 is 1.87 bits per heavy atom. The number of amides is 1. The molecule has 0 unspecified atom stereocenters. The standard InChI is InChI=1S/C23H21N3O4/c1-16-5-3-4-6-21(16)29-12-11-28-20-9-7-18(8-10-20)14-19(15-24)23(27)25-22-13-17(2)30-26-22/h3-10,13-14H,11-12H2,1-2H3,(H,25,26,27)/b19-14-. The summed E-state index contributed by atoms with van der Waals surface area (Å²) >= 11 is 0. The van der Waals surface area contributed by atoms with Crippen molar-refractivity contribution in [2.75, 3.05) is 18.5 Å². The van der Waals surface area contributed by atoms with E-state index < -0.39 is 5.91 Å². The van der Waals surface area contributed by atoms with Gasteiger partial charge in [-0.25, -0.2) is 0 Å². The van der Waals surface area contributed by atoms with E-state index in [1.165, 1.54) is 6.08 Å². The molecule has 7 heteroatoms. The maximum absolute atomic E-state index is 12.2. The molecule has 1 N–H and O–H groups in total. The third kappa shape index (κ3) is 5.72. The predicted molar refractivity (Wildman–Crippen MR) is 112 cm³/mol. The van der Waals surface area contributed by atoms with Gasteiger partial charge in [0.05, 0.1) is 0 Å². The Bertz CT molecular complexity index is 1080. The van der Waals surface area contributed by atoms with Crippen molar-refractivity contribution in [3.8, 4) is 17.6 Å². The summed E-state index contributed by atoms with van der Waals surface area (Å²) in [6.45, 7) is 4.52. The van der Waals surface area contributed by atoms with E-state index >= 15 is 0 Å². The van der Waals surface area contributed by atoms with Gasteiger partial charge in [0.15, 0.2) is 5.82 Å². The van der Waals surface area contributed by atoms with Gasteiger partial charge in [-0.15, -0.1) is 0 Å². The van der Waals surface area contributed by atoms with Crippen LogP contribution in [0.15, 0.2) is 64.7 Å². The van der Waals surface area contributed by atoms with Gasteiger partial charge in [0.25, 0.3) is 5.91 Å². The number of para-hydroxylation sites is 1. The van der Waals surface area contributed by atoms with Crippen LogP contribution in [-0.2, 0) is 4.79 Å². The third-order valence-corrected chi connectivity index (χ3v) is 4.13. The number of aromatic nitrogens is 1. The van der Waals surface area contributed by atoms with Gasteiger partial charge in [-0.3, -0.25) is 4.79 Å². The Kier molecular flexibility index (Phi) is 6.85. The molecule has 0 bridgehead atoms. The number of nitrogens with one attached hydrogen (secondary N) is 1. The molecular weight excluding hydrogens is 382 g/mol. The molecule has 0 aliphatic rings. The summed E-state index contributed by atoms with van der Waals surface area (Å²) < 4.78 is 16.3. The van der Waals surface area contributed by atoms with Crippen LogP contribution in [0.4, 0.5) is 5.82 Å². The molecule has 30 heavy (non-hydrogen) atoms. The second-order valence-electron chi connectivity index (χ2n) is 6.48. The number of hydrogen-bond donors (Lipinski definition) is 1. The lowest BCUT2D eigenvalue weighted by Crippen LogP contribution is -2.13. The average molecular weight is 403 g/mol. The fourth-order valence-electron chi connectivity index (χ4n) is 2.61. The highest BCUT2D eigenvalue weighted by Crippen LogP contribution is 2.17. The predicted octanol–water partition coefficient (Wildman–Crippen LogP) is 4.29. The van der Waals surface area contributed by atoms with Crippen molar-refractivity contribution in [3.63, 3.8) is 0 Å². The van der Waals surface area contributed by atoms with Gasteiger partial charge in [0, 0.05) is 6.07 Å². The Morgan fingerprint density at radius 1 is 1.13 bits per heavy atom. The van der Waals surface area contributed by atoms with Crippen molar-refractivity contribution in [2.45, 2.75) is 13.8 Å². The first-order chi connectivity index (χ1) is 14.5. The molecule has 0 spiro atoms. The van der Waals surface area contributed by atoms with E-state index in [4.69, 9.17) is 14.0 Å². The van der Waals surface area contributed by atoms with Crippen LogP contribution in [0.1, 0.15) is 16.9 Å². The molecule has 0 aliphatic heterocycles. The van der Waals surface area contributed by atoms with E-state index in [1.807, 2.05) is 37.3 Å². The van der Waals surface area contributed by atoms with Crippen LogP contribution in [0.3, 0.4) is 0 Å². The number of nitrogens with zero attached hydrogens (tertiary/aromatic N) is 2. The summed E-state index contributed by atoms with van der Waals surface area (Å²) in [7, 11) is 0. The van der Waals surface area contributed by atoms with Crippen molar-refractivity contribution >= 4 is 17.8 Å². The first-order valence-electron chi connectivity index (χ1n) is 9.33. The van der Waals surface area contributed by atoms with E-state index in [9.17, 15) is 10.1 Å². The van der Waals surface area contributed by atoms with Gasteiger partial charge in [0.1, 0.15) is 42.1 Å². The number of carbonyl (C=O) groups is 1. The Hall–Kier alpha value is -4.05. The number of aryl methyl sites for hydroxylation is 2. The van der Waals surface area contributed by atoms with Crippen molar-refractivity contribution in [3.05, 3.63) is 77.1 Å². The van der Waals surface area contributed by atoms with Gasteiger partial charge < -0.3 is 19.3 Å². The highest BCUT2D eigenvalue weighted by atomic mass is 16.5. The summed E-state index contributed by atoms with van der Waals surface area (Å²) in [6, 6.07) is 18.3. The highest BCUT2D eigenvalue weighted by molar-refractivity contribution is 6.09. The van der Waals surface area contributed by atoms with Crippen molar-refractivity contribution in [2.24, 2.45) is 0 Å². The lowest BCUT2D eigenvalue weighted by atomic mass is 10.1. The zero-order valence-corrected chi connectivity index (χ0v) is 16.7. The number of benzene rings is 2. The normalized spacial score (nSPS) is 10.9. The summed E-state index contributed by atoms with van der Waals surface area (Å²) in [5, 5.41) is 15.5. The average Bonchev–Trinajstić information content (AvgIpc) is 3.16. The van der Waals surface area contributed by atoms with Gasteiger partial charge in [-0.05, 0) is 49.2 Å². The second kappa shape index (κ2) is 9.94. The number of rotatable bonds is 8. The molecule has 0 aliphatic carbocycles. The van der Waals surface area contributed by atoms with Crippen molar-refractivity contribution in [1.29, 1.82) is 5.26 Å². The largest absolute Gasteiger partial charge is 0.490 e. The molecule has 152 valence electrons. The minimum absolute atomic E-state index is 0.0454. The molecule has 0 saturated carbocycles. The smallest absolute Gasteiger partial charge is 0.267 e. The quantitative estimate of drug-likeness (QED) is 0.342. The minimum Gasteiger partial charge on any atom is -0.490 e. The first-order valence-corrected chi connectivity index (χ1v) is 9.33. The molecule has 1 aromatic heterocycles. The van der Waals surface area contributed by atoms with Gasteiger partial charge in [0.2, 0.25) is 0 Å². The second-order valence-corrected chi connectivity index (χ2v) is 6.48. The highest BCUT2D eigenvalue weighted by Gasteiger charge is 2.11. The third-order valence-electron chi connectivity index (χ3n) is 4.13. The van der Waals surface area contributed by atoms with Crippen LogP contribution in [0.5, 0.6) is 11.5 Å². The lowest BCUT2D eigenvalue weighted by Gasteiger charge is -2.10.